The van der Waals surface area contributed by atoms with E-state index in [0.29, 0.717) is 34.9 Å². The summed E-state index contributed by atoms with van der Waals surface area (Å²) in [5.41, 5.74) is 6.32. The average Bonchev–Trinajstić information content (AvgIpc) is 3.20. The van der Waals surface area contributed by atoms with E-state index < -0.39 is 0 Å². The van der Waals surface area contributed by atoms with Gasteiger partial charge in [-0.3, -0.25) is 0 Å². The minimum atomic E-state index is 0.353. The molecule has 0 bridgehead atoms. The molecule has 8 aromatic rings. The van der Waals surface area contributed by atoms with Gasteiger partial charge < -0.3 is 9.64 Å². The van der Waals surface area contributed by atoms with Crippen molar-refractivity contribution in [2.24, 2.45) is 0 Å². The van der Waals surface area contributed by atoms with Gasteiger partial charge in [0.25, 0.3) is 0 Å². The number of anilines is 3. The van der Waals surface area contributed by atoms with Crippen LogP contribution in [0.2, 0.25) is 0 Å². The number of nitrogens with zero attached hydrogens (tertiary/aromatic N) is 7. The van der Waals surface area contributed by atoms with Crippen LogP contribution >= 0.6 is 0 Å². The molecule has 8 heteroatoms. The van der Waals surface area contributed by atoms with Crippen LogP contribution < -0.4 is 9.64 Å². The van der Waals surface area contributed by atoms with Crippen LogP contribution in [-0.2, 0) is 0 Å². The third-order valence-electron chi connectivity index (χ3n) is 8.38. The van der Waals surface area contributed by atoms with Crippen LogP contribution in [0.15, 0.2) is 164 Å². The Labute approximate surface area is 288 Å². The van der Waals surface area contributed by atoms with Gasteiger partial charge in [0, 0.05) is 27.9 Å². The molecular weight excluding hydrogens is 619 g/mol. The number of hydrogen-bond acceptors (Lipinski definition) is 8. The molecule has 6 aromatic carbocycles. The SMILES string of the molecule is c1ccc(-c2nc(-c3ccccc3)nc(-c3nc(-c4ccccc4)nc(-c4ccc(N5c6ccccc6Oc6ccccc65)cc4)n3)n2)cc1. The first-order chi connectivity index (χ1) is 24.8. The average molecular weight is 646 g/mol. The predicted octanol–water partition coefficient (Wildman–Crippen LogP) is 9.97. The van der Waals surface area contributed by atoms with Gasteiger partial charge in [0.2, 0.25) is 11.6 Å². The Hall–Kier alpha value is -7.06. The highest BCUT2D eigenvalue weighted by Gasteiger charge is 2.25. The molecule has 0 fully saturated rings. The summed E-state index contributed by atoms with van der Waals surface area (Å²) in [6.07, 6.45) is 0. The van der Waals surface area contributed by atoms with Crippen LogP contribution in [0.1, 0.15) is 0 Å². The van der Waals surface area contributed by atoms with Crippen molar-refractivity contribution in [3.05, 3.63) is 164 Å². The molecule has 1 aliphatic heterocycles. The maximum absolute atomic E-state index is 6.22. The maximum atomic E-state index is 6.22. The molecule has 9 rings (SSSR count). The van der Waals surface area contributed by atoms with Crippen LogP contribution in [0.3, 0.4) is 0 Å². The standard InChI is InChI=1S/C42H27N7O/c1-4-14-28(15-5-1)37-43-38(29-16-6-2-7-17-29)46-41(45-37)42-47-39(30-18-8-3-9-19-30)44-40(48-42)31-24-26-32(27-25-31)49-33-20-10-12-22-35(33)50-36-23-13-11-21-34(36)49/h1-27H. The minimum Gasteiger partial charge on any atom is -0.453 e. The van der Waals surface area contributed by atoms with E-state index in [2.05, 4.69) is 29.2 Å². The van der Waals surface area contributed by atoms with Crippen LogP contribution in [0.4, 0.5) is 17.1 Å². The van der Waals surface area contributed by atoms with E-state index in [1.54, 1.807) is 0 Å². The largest absolute Gasteiger partial charge is 0.453 e. The molecule has 236 valence electrons. The van der Waals surface area contributed by atoms with Crippen molar-refractivity contribution in [1.29, 1.82) is 0 Å². The van der Waals surface area contributed by atoms with Gasteiger partial charge in [-0.05, 0) is 48.5 Å². The lowest BCUT2D eigenvalue weighted by atomic mass is 10.1. The summed E-state index contributed by atoms with van der Waals surface area (Å²) >= 11 is 0. The topological polar surface area (TPSA) is 89.8 Å². The number of aromatic nitrogens is 6. The molecule has 0 amide bonds. The zero-order chi connectivity index (χ0) is 33.3. The molecule has 0 saturated carbocycles. The number of fused-ring (bicyclic) bond motifs is 2. The van der Waals surface area contributed by atoms with E-state index in [9.17, 15) is 0 Å². The molecular formula is C42H27N7O. The highest BCUT2D eigenvalue weighted by Crippen LogP contribution is 2.50. The van der Waals surface area contributed by atoms with Crippen molar-refractivity contribution >= 4 is 17.1 Å². The normalized spacial score (nSPS) is 11.7. The lowest BCUT2D eigenvalue weighted by Gasteiger charge is -2.32. The molecule has 0 unspecified atom stereocenters. The Morgan fingerprint density at radius 3 is 1.02 bits per heavy atom. The Balaban J connectivity index is 1.18. The van der Waals surface area contributed by atoms with Gasteiger partial charge in [-0.2, -0.15) is 0 Å². The van der Waals surface area contributed by atoms with Crippen LogP contribution in [-0.4, -0.2) is 29.9 Å². The molecule has 0 N–H and O–H groups in total. The Kier molecular flexibility index (Phi) is 7.29. The molecule has 2 aromatic heterocycles. The van der Waals surface area contributed by atoms with E-state index in [-0.39, 0.29) is 0 Å². The summed E-state index contributed by atoms with van der Waals surface area (Å²) in [6, 6.07) is 53.9. The fraction of sp³-hybridized carbons (Fsp3) is 0. The molecule has 0 spiro atoms. The van der Waals surface area contributed by atoms with Gasteiger partial charge >= 0.3 is 0 Å². The molecule has 8 nitrogen and oxygen atoms in total. The lowest BCUT2D eigenvalue weighted by molar-refractivity contribution is 0.477. The summed E-state index contributed by atoms with van der Waals surface area (Å²) in [4.78, 5) is 31.7. The van der Waals surface area contributed by atoms with Crippen LogP contribution in [0.25, 0.3) is 57.2 Å². The lowest BCUT2D eigenvalue weighted by Crippen LogP contribution is -2.15. The quantitative estimate of drug-likeness (QED) is 0.177. The van der Waals surface area contributed by atoms with E-state index in [1.807, 2.05) is 140 Å². The number of rotatable bonds is 6. The van der Waals surface area contributed by atoms with E-state index in [4.69, 9.17) is 34.6 Å². The van der Waals surface area contributed by atoms with Gasteiger partial charge in [0.15, 0.2) is 34.8 Å². The third-order valence-corrected chi connectivity index (χ3v) is 8.38. The van der Waals surface area contributed by atoms with E-state index in [0.717, 1.165) is 50.8 Å². The zero-order valence-electron chi connectivity index (χ0n) is 26.6. The van der Waals surface area contributed by atoms with Crippen LogP contribution in [0, 0.1) is 0 Å². The fourth-order valence-electron chi connectivity index (χ4n) is 5.97. The van der Waals surface area contributed by atoms with Crippen molar-refractivity contribution in [2.45, 2.75) is 0 Å². The number of para-hydroxylation sites is 4. The highest BCUT2D eigenvalue weighted by molar-refractivity contribution is 5.86. The molecule has 0 radical (unpaired) electrons. The molecule has 0 aliphatic carbocycles. The fourth-order valence-corrected chi connectivity index (χ4v) is 5.97. The summed E-state index contributed by atoms with van der Waals surface area (Å²) in [6.45, 7) is 0. The maximum Gasteiger partial charge on any atom is 0.202 e. The van der Waals surface area contributed by atoms with Crippen molar-refractivity contribution < 1.29 is 4.74 Å². The van der Waals surface area contributed by atoms with Crippen molar-refractivity contribution in [3.63, 3.8) is 0 Å². The van der Waals surface area contributed by atoms with Gasteiger partial charge in [-0.1, -0.05) is 115 Å². The molecule has 1 aliphatic rings. The highest BCUT2D eigenvalue weighted by atomic mass is 16.5. The first-order valence-electron chi connectivity index (χ1n) is 16.2. The Morgan fingerprint density at radius 1 is 0.300 bits per heavy atom. The minimum absolute atomic E-state index is 0.353. The second-order valence-electron chi connectivity index (χ2n) is 11.6. The number of ether oxygens (including phenoxy) is 1. The van der Waals surface area contributed by atoms with Gasteiger partial charge in [0.1, 0.15) is 0 Å². The first kappa shape index (κ1) is 29.1. The van der Waals surface area contributed by atoms with Crippen molar-refractivity contribution in [1.82, 2.24) is 29.9 Å². The smallest absolute Gasteiger partial charge is 0.202 e. The summed E-state index contributed by atoms with van der Waals surface area (Å²) in [7, 11) is 0. The summed E-state index contributed by atoms with van der Waals surface area (Å²) in [5, 5.41) is 0. The first-order valence-corrected chi connectivity index (χ1v) is 16.2. The van der Waals surface area contributed by atoms with Gasteiger partial charge in [-0.25, -0.2) is 29.9 Å². The molecule has 0 saturated heterocycles. The summed E-state index contributed by atoms with van der Waals surface area (Å²) < 4.78 is 6.22. The van der Waals surface area contributed by atoms with E-state index in [1.165, 1.54) is 0 Å². The zero-order valence-corrected chi connectivity index (χ0v) is 26.6. The van der Waals surface area contributed by atoms with Crippen molar-refractivity contribution in [2.75, 3.05) is 4.90 Å². The summed E-state index contributed by atoms with van der Waals surface area (Å²) in [5.74, 6) is 4.40. The molecule has 0 atom stereocenters. The predicted molar refractivity (Wildman–Crippen MR) is 195 cm³/mol. The Bertz CT molecular complexity index is 2350. The van der Waals surface area contributed by atoms with E-state index >= 15 is 0 Å². The second kappa shape index (κ2) is 12.5. The third kappa shape index (κ3) is 5.50. The Morgan fingerprint density at radius 2 is 0.620 bits per heavy atom. The van der Waals surface area contributed by atoms with Gasteiger partial charge in [0.05, 0.1) is 11.4 Å². The molecule has 50 heavy (non-hydrogen) atoms. The van der Waals surface area contributed by atoms with Crippen LogP contribution in [0.5, 0.6) is 11.5 Å². The van der Waals surface area contributed by atoms with Gasteiger partial charge in [-0.15, -0.1) is 0 Å². The monoisotopic (exact) mass is 645 g/mol. The number of hydrogen-bond donors (Lipinski definition) is 0. The second-order valence-corrected chi connectivity index (χ2v) is 11.6. The molecule has 3 heterocycles. The van der Waals surface area contributed by atoms with Crippen molar-refractivity contribution in [3.8, 4) is 68.7 Å². The number of benzene rings is 6.